The first-order valence-corrected chi connectivity index (χ1v) is 27.6. The molecule has 70 heavy (non-hydrogen) atoms. The zero-order valence-electron chi connectivity index (χ0n) is 43.2. The van der Waals surface area contributed by atoms with Crippen LogP contribution in [0.3, 0.4) is 0 Å². The second kappa shape index (κ2) is 51.0. The van der Waals surface area contributed by atoms with Crippen molar-refractivity contribution in [2.75, 3.05) is 26.4 Å². The van der Waals surface area contributed by atoms with Crippen LogP contribution in [0, 0.1) is 0 Å². The van der Waals surface area contributed by atoms with Gasteiger partial charge in [-0.2, -0.15) is 0 Å². The Kier molecular flexibility index (Phi) is 47.8. The summed E-state index contributed by atoms with van der Waals surface area (Å²) in [4.78, 5) is 48.2. The molecule has 0 aliphatic heterocycles. The minimum atomic E-state index is -4.79. The molecule has 0 amide bonds. The summed E-state index contributed by atoms with van der Waals surface area (Å²) < 4.78 is 39.1. The SMILES string of the molecule is CC/C=C\C/C=C\C/C=C\C/C=C\C/C=C\C/C=C\CCC(=O)OC(COC(=O)C/C=C\C/C=C\C/C=C\C/C=C\C/C=C\CC)COP(=O)(O)OCC(CO)OC(=O)CCCCCCCCCCC. The Morgan fingerprint density at radius 1 is 0.429 bits per heavy atom. The highest BCUT2D eigenvalue weighted by Gasteiger charge is 2.28. The van der Waals surface area contributed by atoms with Crippen LogP contribution in [0.2, 0.25) is 0 Å². The van der Waals surface area contributed by atoms with Crippen LogP contribution >= 0.6 is 7.82 Å². The van der Waals surface area contributed by atoms with Gasteiger partial charge in [0.15, 0.2) is 6.10 Å². The second-order valence-corrected chi connectivity index (χ2v) is 18.0. The van der Waals surface area contributed by atoms with E-state index in [1.165, 1.54) is 32.1 Å². The van der Waals surface area contributed by atoms with Crippen LogP contribution in [0.15, 0.2) is 134 Å². The van der Waals surface area contributed by atoms with Gasteiger partial charge in [-0.3, -0.25) is 23.4 Å². The Bertz CT molecular complexity index is 1680. The number of phosphoric acid groups is 1. The van der Waals surface area contributed by atoms with E-state index in [0.717, 1.165) is 77.0 Å². The molecule has 0 aliphatic carbocycles. The quantitative estimate of drug-likeness (QED) is 0.0197. The topological polar surface area (TPSA) is 155 Å². The molecule has 3 atom stereocenters. The van der Waals surface area contributed by atoms with Crippen molar-refractivity contribution in [2.45, 2.75) is 187 Å². The van der Waals surface area contributed by atoms with Gasteiger partial charge in [0, 0.05) is 12.8 Å². The van der Waals surface area contributed by atoms with Gasteiger partial charge in [0.25, 0.3) is 0 Å². The first kappa shape index (κ1) is 65.6. The monoisotopic (exact) mass is 995 g/mol. The van der Waals surface area contributed by atoms with E-state index in [0.29, 0.717) is 25.7 Å². The Hall–Kier alpha value is -4.38. The van der Waals surface area contributed by atoms with Crippen molar-refractivity contribution in [1.82, 2.24) is 0 Å². The molecule has 12 heteroatoms. The summed E-state index contributed by atoms with van der Waals surface area (Å²) in [5.41, 5.74) is 0. The number of hydrogen-bond donors (Lipinski definition) is 2. The molecule has 0 heterocycles. The van der Waals surface area contributed by atoms with Crippen LogP contribution in [0.4, 0.5) is 0 Å². The molecule has 0 aromatic rings. The number of unbranched alkanes of at least 4 members (excludes halogenated alkanes) is 8. The van der Waals surface area contributed by atoms with Crippen LogP contribution in [0.1, 0.15) is 175 Å². The van der Waals surface area contributed by atoms with Crippen LogP contribution < -0.4 is 0 Å². The summed E-state index contributed by atoms with van der Waals surface area (Å²) in [6.07, 6.45) is 63.3. The Morgan fingerprint density at radius 3 is 1.21 bits per heavy atom. The van der Waals surface area contributed by atoms with Crippen LogP contribution in [0.5, 0.6) is 0 Å². The van der Waals surface area contributed by atoms with E-state index in [1.54, 1.807) is 6.08 Å². The van der Waals surface area contributed by atoms with Crippen molar-refractivity contribution in [3.63, 3.8) is 0 Å². The van der Waals surface area contributed by atoms with Crippen molar-refractivity contribution in [2.24, 2.45) is 0 Å². The van der Waals surface area contributed by atoms with Gasteiger partial charge in [-0.05, 0) is 83.5 Å². The molecule has 0 spiro atoms. The average molecular weight is 995 g/mol. The lowest BCUT2D eigenvalue weighted by molar-refractivity contribution is -0.160. The molecule has 0 saturated heterocycles. The average Bonchev–Trinajstić information content (AvgIpc) is 3.35. The van der Waals surface area contributed by atoms with E-state index in [1.807, 2.05) is 30.4 Å². The molecular weight excluding hydrogens is 904 g/mol. The fourth-order valence-electron chi connectivity index (χ4n) is 6.22. The normalized spacial score (nSPS) is 14.5. The summed E-state index contributed by atoms with van der Waals surface area (Å²) >= 11 is 0. The molecule has 0 aromatic carbocycles. The number of ether oxygens (including phenoxy) is 3. The van der Waals surface area contributed by atoms with Gasteiger partial charge in [0.1, 0.15) is 12.7 Å². The van der Waals surface area contributed by atoms with Gasteiger partial charge in [-0.1, -0.05) is 206 Å². The van der Waals surface area contributed by atoms with E-state index in [4.69, 9.17) is 23.3 Å². The molecule has 0 saturated carbocycles. The molecule has 2 N–H and O–H groups in total. The van der Waals surface area contributed by atoms with Gasteiger partial charge in [-0.25, -0.2) is 4.57 Å². The maximum absolute atomic E-state index is 12.8. The zero-order valence-corrected chi connectivity index (χ0v) is 44.1. The van der Waals surface area contributed by atoms with Crippen molar-refractivity contribution in [3.05, 3.63) is 134 Å². The fraction of sp³-hybridized carbons (Fsp3) is 0.569. The third-order valence-electron chi connectivity index (χ3n) is 10.1. The molecule has 0 aromatic heterocycles. The van der Waals surface area contributed by atoms with Gasteiger partial charge < -0.3 is 24.2 Å². The highest BCUT2D eigenvalue weighted by atomic mass is 31.2. The number of phosphoric ester groups is 1. The number of allylic oxidation sites excluding steroid dienone is 21. The number of hydrogen-bond acceptors (Lipinski definition) is 10. The first-order chi connectivity index (χ1) is 34.2. The standard InChI is InChI=1S/C58H91O11P/c1-4-7-10-13-16-19-21-23-25-26-27-28-30-32-34-37-40-43-46-49-58(62)69-55(51-65-56(60)47-44-41-38-36-33-31-29-24-22-20-17-14-11-8-5-2)53-67-70(63,64)66-52-54(50-59)68-57(61)48-45-42-39-35-18-15-12-9-6-3/h7-8,10-11,16-17,19-20,23-25,27-29,32-34,36,40-41,43-44,54-55,59H,4-6,9,12-15,18,21-22,26,30-31,35,37-39,42,45-53H2,1-3H3,(H,63,64)/b10-7-,11-8-,19-16-,20-17-,25-23-,28-27-,29-24-,34-32-,36-33-,43-40-,44-41-. The van der Waals surface area contributed by atoms with Crippen molar-refractivity contribution < 1.29 is 52.2 Å². The summed E-state index contributed by atoms with van der Waals surface area (Å²) in [5.74, 6) is -1.74. The van der Waals surface area contributed by atoms with Gasteiger partial charge in [0.05, 0.1) is 26.2 Å². The third kappa shape index (κ3) is 48.6. The first-order valence-electron chi connectivity index (χ1n) is 26.1. The number of esters is 3. The van der Waals surface area contributed by atoms with Gasteiger partial charge in [0.2, 0.25) is 0 Å². The number of aliphatic hydroxyl groups is 1. The van der Waals surface area contributed by atoms with E-state index in [2.05, 4.69) is 118 Å². The number of rotatable bonds is 46. The number of carbonyl (C=O) groups excluding carboxylic acids is 3. The Labute approximate surface area is 423 Å². The van der Waals surface area contributed by atoms with Crippen molar-refractivity contribution in [1.29, 1.82) is 0 Å². The summed E-state index contributed by atoms with van der Waals surface area (Å²) in [6, 6.07) is 0. The highest BCUT2D eigenvalue weighted by molar-refractivity contribution is 7.47. The largest absolute Gasteiger partial charge is 0.472 e. The van der Waals surface area contributed by atoms with Crippen LogP contribution in [-0.2, 0) is 42.2 Å². The van der Waals surface area contributed by atoms with Crippen LogP contribution in [-0.4, -0.2) is 66.5 Å². The fourth-order valence-corrected chi connectivity index (χ4v) is 7.00. The number of aliphatic hydroxyl groups excluding tert-OH is 1. The van der Waals surface area contributed by atoms with Gasteiger partial charge in [-0.15, -0.1) is 0 Å². The second-order valence-electron chi connectivity index (χ2n) is 16.6. The molecule has 394 valence electrons. The number of carbonyl (C=O) groups is 3. The molecule has 3 unspecified atom stereocenters. The lowest BCUT2D eigenvalue weighted by Gasteiger charge is -2.21. The minimum absolute atomic E-state index is 0.0164. The lowest BCUT2D eigenvalue weighted by atomic mass is 10.1. The summed E-state index contributed by atoms with van der Waals surface area (Å²) in [7, 11) is -4.79. The summed E-state index contributed by atoms with van der Waals surface area (Å²) in [5, 5.41) is 9.74. The van der Waals surface area contributed by atoms with E-state index in [9.17, 15) is 28.9 Å². The molecule has 0 aliphatic rings. The smallest absolute Gasteiger partial charge is 0.461 e. The van der Waals surface area contributed by atoms with Crippen LogP contribution in [0.25, 0.3) is 0 Å². The molecule has 0 bridgehead atoms. The van der Waals surface area contributed by atoms with Crippen molar-refractivity contribution in [3.8, 4) is 0 Å². The van der Waals surface area contributed by atoms with Crippen molar-refractivity contribution >= 4 is 25.7 Å². The zero-order chi connectivity index (χ0) is 51.3. The maximum atomic E-state index is 12.8. The van der Waals surface area contributed by atoms with E-state index >= 15 is 0 Å². The lowest BCUT2D eigenvalue weighted by Crippen LogP contribution is -2.30. The molecule has 0 radical (unpaired) electrons. The molecule has 11 nitrogen and oxygen atoms in total. The minimum Gasteiger partial charge on any atom is -0.461 e. The molecular formula is C58H91O11P. The third-order valence-corrected chi connectivity index (χ3v) is 11.1. The molecule has 0 fully saturated rings. The van der Waals surface area contributed by atoms with E-state index < -0.39 is 64.4 Å². The Balaban J connectivity index is 5.00. The van der Waals surface area contributed by atoms with Gasteiger partial charge >= 0.3 is 25.7 Å². The predicted octanol–water partition coefficient (Wildman–Crippen LogP) is 15.0. The molecule has 0 rings (SSSR count). The summed E-state index contributed by atoms with van der Waals surface area (Å²) in [6.45, 7) is 4.15. The predicted molar refractivity (Wildman–Crippen MR) is 288 cm³/mol. The Morgan fingerprint density at radius 2 is 0.786 bits per heavy atom. The van der Waals surface area contributed by atoms with E-state index in [-0.39, 0.29) is 19.3 Å². The maximum Gasteiger partial charge on any atom is 0.472 e. The highest BCUT2D eigenvalue weighted by Crippen LogP contribution is 2.43.